The van der Waals surface area contributed by atoms with Crippen molar-refractivity contribution in [2.45, 2.75) is 25.9 Å². The Hall–Kier alpha value is -1.82. The predicted molar refractivity (Wildman–Crippen MR) is 67.0 cm³/mol. The first-order chi connectivity index (χ1) is 8.40. The zero-order valence-electron chi connectivity index (χ0n) is 10.2. The summed E-state index contributed by atoms with van der Waals surface area (Å²) in [7, 11) is 0. The van der Waals surface area contributed by atoms with Crippen LogP contribution in [0.15, 0.2) is 28.3 Å². The molecule has 0 spiro atoms. The van der Waals surface area contributed by atoms with E-state index in [0.717, 1.165) is 12.1 Å². The molecule has 0 aliphatic carbocycles. The van der Waals surface area contributed by atoms with Gasteiger partial charge in [0.2, 0.25) is 0 Å². The molecule has 6 heteroatoms. The van der Waals surface area contributed by atoms with Gasteiger partial charge in [-0.3, -0.25) is 4.99 Å². The standard InChI is InChI=1S/C12H15F2N3O/c1-3-12(2,18)11(17-15)7-16-8-4-5-9(13)10(14)6-8/h4-7,18H,3,15H2,1-2H3. The Morgan fingerprint density at radius 3 is 2.61 bits per heavy atom. The number of nitrogens with zero attached hydrogens (tertiary/aromatic N) is 2. The summed E-state index contributed by atoms with van der Waals surface area (Å²) in [6, 6.07) is 3.23. The first kappa shape index (κ1) is 14.2. The van der Waals surface area contributed by atoms with Crippen molar-refractivity contribution in [3.8, 4) is 0 Å². The average molecular weight is 255 g/mol. The highest BCUT2D eigenvalue weighted by molar-refractivity contribution is 6.34. The first-order valence-corrected chi connectivity index (χ1v) is 5.40. The van der Waals surface area contributed by atoms with Crippen LogP contribution in [0.3, 0.4) is 0 Å². The molecule has 0 saturated heterocycles. The fourth-order valence-corrected chi connectivity index (χ4v) is 1.19. The number of benzene rings is 1. The Bertz CT molecular complexity index is 484. The Kier molecular flexibility index (Phi) is 4.49. The smallest absolute Gasteiger partial charge is 0.160 e. The molecule has 4 nitrogen and oxygen atoms in total. The summed E-state index contributed by atoms with van der Waals surface area (Å²) in [6.07, 6.45) is 1.63. The van der Waals surface area contributed by atoms with Crippen LogP contribution in [-0.2, 0) is 0 Å². The van der Waals surface area contributed by atoms with Gasteiger partial charge in [0.25, 0.3) is 0 Å². The molecule has 3 N–H and O–H groups in total. The van der Waals surface area contributed by atoms with Gasteiger partial charge in [-0.25, -0.2) is 8.78 Å². The van der Waals surface area contributed by atoms with Gasteiger partial charge in [0, 0.05) is 6.07 Å². The van der Waals surface area contributed by atoms with Crippen LogP contribution in [0, 0.1) is 11.6 Å². The molecule has 0 aliphatic rings. The van der Waals surface area contributed by atoms with E-state index in [4.69, 9.17) is 5.84 Å². The topological polar surface area (TPSA) is 71.0 Å². The van der Waals surface area contributed by atoms with Crippen molar-refractivity contribution in [1.29, 1.82) is 0 Å². The number of rotatable bonds is 4. The summed E-state index contributed by atoms with van der Waals surface area (Å²) in [5.74, 6) is 3.23. The summed E-state index contributed by atoms with van der Waals surface area (Å²) < 4.78 is 25.6. The van der Waals surface area contributed by atoms with Crippen molar-refractivity contribution in [2.75, 3.05) is 0 Å². The number of hydrazone groups is 1. The largest absolute Gasteiger partial charge is 0.384 e. The van der Waals surface area contributed by atoms with Gasteiger partial charge in [0.05, 0.1) is 11.9 Å². The van der Waals surface area contributed by atoms with Crippen LogP contribution in [0.4, 0.5) is 14.5 Å². The van der Waals surface area contributed by atoms with E-state index in [1.807, 2.05) is 0 Å². The molecule has 0 saturated carbocycles. The van der Waals surface area contributed by atoms with E-state index in [1.54, 1.807) is 6.92 Å². The third-order valence-corrected chi connectivity index (χ3v) is 2.62. The lowest BCUT2D eigenvalue weighted by molar-refractivity contribution is 0.130. The van der Waals surface area contributed by atoms with Crippen molar-refractivity contribution in [3.63, 3.8) is 0 Å². The molecule has 98 valence electrons. The minimum atomic E-state index is -1.21. The van der Waals surface area contributed by atoms with Gasteiger partial charge in [-0.1, -0.05) is 6.92 Å². The van der Waals surface area contributed by atoms with E-state index in [2.05, 4.69) is 10.1 Å². The normalized spacial score (nSPS) is 15.9. The maximum Gasteiger partial charge on any atom is 0.160 e. The van der Waals surface area contributed by atoms with Gasteiger partial charge in [0.1, 0.15) is 11.3 Å². The average Bonchev–Trinajstić information content (AvgIpc) is 2.34. The molecule has 1 rings (SSSR count). The molecule has 0 aromatic heterocycles. The maximum absolute atomic E-state index is 12.9. The van der Waals surface area contributed by atoms with Gasteiger partial charge in [-0.15, -0.1) is 0 Å². The molecule has 0 aliphatic heterocycles. The maximum atomic E-state index is 12.9. The Labute approximate surface area is 104 Å². The lowest BCUT2D eigenvalue weighted by atomic mass is 9.98. The Morgan fingerprint density at radius 1 is 1.44 bits per heavy atom. The third kappa shape index (κ3) is 3.33. The molecule has 0 fully saturated rings. The van der Waals surface area contributed by atoms with E-state index < -0.39 is 17.2 Å². The highest BCUT2D eigenvalue weighted by atomic mass is 19.2. The monoisotopic (exact) mass is 255 g/mol. The molecule has 0 amide bonds. The first-order valence-electron chi connectivity index (χ1n) is 5.40. The second kappa shape index (κ2) is 5.68. The second-order valence-electron chi connectivity index (χ2n) is 4.00. The van der Waals surface area contributed by atoms with E-state index in [9.17, 15) is 13.9 Å². The SMILES string of the molecule is CCC(C)(O)C(C=Nc1ccc(F)c(F)c1)=NN. The van der Waals surface area contributed by atoms with E-state index in [1.165, 1.54) is 19.2 Å². The van der Waals surface area contributed by atoms with Gasteiger partial charge < -0.3 is 10.9 Å². The summed E-state index contributed by atoms with van der Waals surface area (Å²) in [4.78, 5) is 3.89. The predicted octanol–water partition coefficient (Wildman–Crippen LogP) is 2.14. The van der Waals surface area contributed by atoms with Gasteiger partial charge in [-0.05, 0) is 25.5 Å². The van der Waals surface area contributed by atoms with Crippen LogP contribution in [0.5, 0.6) is 0 Å². The zero-order chi connectivity index (χ0) is 13.8. The molecular formula is C12H15F2N3O. The van der Waals surface area contributed by atoms with Gasteiger partial charge in [0.15, 0.2) is 11.6 Å². The Morgan fingerprint density at radius 2 is 2.11 bits per heavy atom. The van der Waals surface area contributed by atoms with Crippen LogP contribution in [0.1, 0.15) is 20.3 Å². The number of hydrogen-bond donors (Lipinski definition) is 2. The number of hydrogen-bond acceptors (Lipinski definition) is 4. The van der Waals surface area contributed by atoms with Crippen molar-refractivity contribution in [2.24, 2.45) is 15.9 Å². The van der Waals surface area contributed by atoms with Crippen molar-refractivity contribution in [1.82, 2.24) is 0 Å². The second-order valence-corrected chi connectivity index (χ2v) is 4.00. The van der Waals surface area contributed by atoms with Crippen LogP contribution in [0.25, 0.3) is 0 Å². The Balaban J connectivity index is 2.95. The van der Waals surface area contributed by atoms with Crippen molar-refractivity contribution in [3.05, 3.63) is 29.8 Å². The summed E-state index contributed by atoms with van der Waals surface area (Å²) in [5.41, 5.74) is -0.840. The zero-order valence-corrected chi connectivity index (χ0v) is 10.2. The highest BCUT2D eigenvalue weighted by Gasteiger charge is 2.23. The summed E-state index contributed by atoms with van der Waals surface area (Å²) >= 11 is 0. The third-order valence-electron chi connectivity index (χ3n) is 2.62. The van der Waals surface area contributed by atoms with Crippen molar-refractivity contribution >= 4 is 17.6 Å². The van der Waals surface area contributed by atoms with Crippen LogP contribution in [-0.4, -0.2) is 22.6 Å². The van der Waals surface area contributed by atoms with E-state index in [-0.39, 0.29) is 11.4 Å². The van der Waals surface area contributed by atoms with E-state index in [0.29, 0.717) is 6.42 Å². The highest BCUT2D eigenvalue weighted by Crippen LogP contribution is 2.16. The molecule has 1 aromatic rings. The fraction of sp³-hybridized carbons (Fsp3) is 0.333. The lowest BCUT2D eigenvalue weighted by Gasteiger charge is -2.19. The molecule has 18 heavy (non-hydrogen) atoms. The van der Waals surface area contributed by atoms with Crippen molar-refractivity contribution < 1.29 is 13.9 Å². The quantitative estimate of drug-likeness (QED) is 0.491. The van der Waals surface area contributed by atoms with Crippen LogP contribution >= 0.6 is 0 Å². The molecule has 1 unspecified atom stereocenters. The molecule has 1 aromatic carbocycles. The molecule has 1 atom stereocenters. The summed E-state index contributed by atoms with van der Waals surface area (Å²) in [6.45, 7) is 3.30. The minimum Gasteiger partial charge on any atom is -0.384 e. The molecular weight excluding hydrogens is 240 g/mol. The van der Waals surface area contributed by atoms with Crippen LogP contribution in [0.2, 0.25) is 0 Å². The van der Waals surface area contributed by atoms with Gasteiger partial charge in [-0.2, -0.15) is 5.10 Å². The number of aliphatic hydroxyl groups is 1. The number of nitrogens with two attached hydrogens (primary N) is 1. The van der Waals surface area contributed by atoms with E-state index >= 15 is 0 Å². The minimum absolute atomic E-state index is 0.162. The summed E-state index contributed by atoms with van der Waals surface area (Å²) in [5, 5.41) is 13.4. The van der Waals surface area contributed by atoms with Crippen LogP contribution < -0.4 is 5.84 Å². The van der Waals surface area contributed by atoms with Gasteiger partial charge >= 0.3 is 0 Å². The molecule has 0 bridgehead atoms. The number of aliphatic imine (C=N–C) groups is 1. The number of halogens is 2. The lowest BCUT2D eigenvalue weighted by Crippen LogP contribution is -2.36. The molecule has 0 heterocycles. The molecule has 0 radical (unpaired) electrons. The fourth-order valence-electron chi connectivity index (χ4n) is 1.19.